The Labute approximate surface area is 112 Å². The van der Waals surface area contributed by atoms with Gasteiger partial charge in [-0.15, -0.1) is 0 Å². The van der Waals surface area contributed by atoms with Crippen LogP contribution in [-0.4, -0.2) is 45.0 Å². The van der Waals surface area contributed by atoms with Crippen molar-refractivity contribution in [3.8, 4) is 0 Å². The molecule has 0 unspecified atom stereocenters. The molecule has 2 rings (SSSR count). The molecular weight excluding hydrogens is 269 g/mol. The standard InChI is InChI=1S/C12H18FN3O2S/c1-14-9-10-3-4-15-12(11(10)13)16-5-2-7-19(17,18)8-6-16/h3-4,14H,2,5-9H2,1H3. The maximum absolute atomic E-state index is 14.3. The quantitative estimate of drug-likeness (QED) is 0.880. The average molecular weight is 287 g/mol. The van der Waals surface area contributed by atoms with Crippen molar-refractivity contribution in [2.45, 2.75) is 13.0 Å². The molecular formula is C12H18FN3O2S. The minimum atomic E-state index is -3.00. The molecule has 0 radical (unpaired) electrons. The number of nitrogens with one attached hydrogen (secondary N) is 1. The van der Waals surface area contributed by atoms with Crippen LogP contribution in [0.25, 0.3) is 0 Å². The zero-order valence-corrected chi connectivity index (χ0v) is 11.7. The van der Waals surface area contributed by atoms with E-state index in [1.54, 1.807) is 24.2 Å². The summed E-state index contributed by atoms with van der Waals surface area (Å²) in [6, 6.07) is 1.63. The van der Waals surface area contributed by atoms with Gasteiger partial charge >= 0.3 is 0 Å². The first-order chi connectivity index (χ1) is 9.03. The van der Waals surface area contributed by atoms with Crippen LogP contribution in [0.1, 0.15) is 12.0 Å². The summed E-state index contributed by atoms with van der Waals surface area (Å²) in [6.45, 7) is 1.24. The third-order valence-corrected chi connectivity index (χ3v) is 4.89. The lowest BCUT2D eigenvalue weighted by atomic mass is 10.2. The van der Waals surface area contributed by atoms with Crippen LogP contribution in [0.5, 0.6) is 0 Å². The number of sulfone groups is 1. The lowest BCUT2D eigenvalue weighted by Gasteiger charge is -2.22. The summed E-state index contributed by atoms with van der Waals surface area (Å²) >= 11 is 0. The summed E-state index contributed by atoms with van der Waals surface area (Å²) in [5.74, 6) is 0.118. The number of hydrogen-bond donors (Lipinski definition) is 1. The molecule has 1 aliphatic heterocycles. The van der Waals surface area contributed by atoms with Crippen molar-refractivity contribution >= 4 is 15.7 Å². The minimum Gasteiger partial charge on any atom is -0.353 e. The van der Waals surface area contributed by atoms with Gasteiger partial charge < -0.3 is 10.2 Å². The zero-order chi connectivity index (χ0) is 13.9. The maximum atomic E-state index is 14.3. The van der Waals surface area contributed by atoms with Crippen LogP contribution < -0.4 is 10.2 Å². The molecule has 7 heteroatoms. The van der Waals surface area contributed by atoms with Crippen molar-refractivity contribution in [1.29, 1.82) is 0 Å². The molecule has 1 aromatic heterocycles. The fraction of sp³-hybridized carbons (Fsp3) is 0.583. The Hall–Kier alpha value is -1.21. The van der Waals surface area contributed by atoms with Crippen LogP contribution in [0, 0.1) is 5.82 Å². The normalized spacial score (nSPS) is 19.2. The molecule has 5 nitrogen and oxygen atoms in total. The maximum Gasteiger partial charge on any atom is 0.170 e. The zero-order valence-electron chi connectivity index (χ0n) is 10.9. The first kappa shape index (κ1) is 14.2. The van der Waals surface area contributed by atoms with Gasteiger partial charge in [0.15, 0.2) is 21.5 Å². The van der Waals surface area contributed by atoms with Gasteiger partial charge in [-0.25, -0.2) is 17.8 Å². The number of halogens is 1. The molecule has 0 saturated carbocycles. The molecule has 106 valence electrons. The van der Waals surface area contributed by atoms with Gasteiger partial charge in [-0.1, -0.05) is 0 Å². The van der Waals surface area contributed by atoms with E-state index in [9.17, 15) is 12.8 Å². The Balaban J connectivity index is 2.24. The summed E-state index contributed by atoms with van der Waals surface area (Å²) < 4.78 is 37.4. The molecule has 0 bridgehead atoms. The molecule has 0 atom stereocenters. The number of anilines is 1. The molecule has 0 spiro atoms. The molecule has 0 aliphatic carbocycles. The highest BCUT2D eigenvalue weighted by molar-refractivity contribution is 7.91. The van der Waals surface area contributed by atoms with Crippen LogP contribution in [0.15, 0.2) is 12.3 Å². The Morgan fingerprint density at radius 1 is 1.42 bits per heavy atom. The lowest BCUT2D eigenvalue weighted by Crippen LogP contribution is -2.29. The van der Waals surface area contributed by atoms with E-state index in [0.29, 0.717) is 31.6 Å². The van der Waals surface area contributed by atoms with Crippen molar-refractivity contribution in [2.75, 3.05) is 36.5 Å². The fourth-order valence-corrected chi connectivity index (χ4v) is 3.44. The summed E-state index contributed by atoms with van der Waals surface area (Å²) in [4.78, 5) is 5.78. The number of nitrogens with zero attached hydrogens (tertiary/aromatic N) is 2. The van der Waals surface area contributed by atoms with E-state index < -0.39 is 9.84 Å². The third kappa shape index (κ3) is 3.42. The predicted octanol–water partition coefficient (Wildman–Crippen LogP) is 0.565. The monoisotopic (exact) mass is 287 g/mol. The molecule has 2 heterocycles. The predicted molar refractivity (Wildman–Crippen MR) is 72.4 cm³/mol. The Bertz CT molecular complexity index is 548. The molecule has 1 fully saturated rings. The van der Waals surface area contributed by atoms with Gasteiger partial charge in [0.1, 0.15) is 0 Å². The second kappa shape index (κ2) is 5.83. The van der Waals surface area contributed by atoms with Gasteiger partial charge in [-0.2, -0.15) is 0 Å². The highest BCUT2D eigenvalue weighted by Gasteiger charge is 2.22. The lowest BCUT2D eigenvalue weighted by molar-refractivity contribution is 0.585. The van der Waals surface area contributed by atoms with Crippen LogP contribution in [-0.2, 0) is 16.4 Å². The van der Waals surface area contributed by atoms with Crippen LogP contribution in [0.2, 0.25) is 0 Å². The summed E-state index contributed by atoms with van der Waals surface area (Å²) in [5, 5.41) is 2.90. The highest BCUT2D eigenvalue weighted by atomic mass is 32.2. The van der Waals surface area contributed by atoms with Gasteiger partial charge in [0, 0.05) is 31.4 Å². The van der Waals surface area contributed by atoms with Crippen LogP contribution in [0.4, 0.5) is 10.2 Å². The van der Waals surface area contributed by atoms with Crippen molar-refractivity contribution in [3.63, 3.8) is 0 Å². The topological polar surface area (TPSA) is 62.3 Å². The van der Waals surface area contributed by atoms with E-state index in [-0.39, 0.29) is 23.1 Å². The van der Waals surface area contributed by atoms with E-state index in [0.717, 1.165) is 0 Å². The Morgan fingerprint density at radius 2 is 2.21 bits per heavy atom. The number of pyridine rings is 1. The highest BCUT2D eigenvalue weighted by Crippen LogP contribution is 2.21. The molecule has 0 aromatic carbocycles. The summed E-state index contributed by atoms with van der Waals surface area (Å²) in [7, 11) is -1.25. The first-order valence-corrected chi connectivity index (χ1v) is 8.09. The average Bonchev–Trinajstić information content (AvgIpc) is 2.53. The van der Waals surface area contributed by atoms with Crippen molar-refractivity contribution < 1.29 is 12.8 Å². The number of aromatic nitrogens is 1. The Morgan fingerprint density at radius 3 is 2.95 bits per heavy atom. The number of rotatable bonds is 3. The van der Waals surface area contributed by atoms with Crippen LogP contribution in [0.3, 0.4) is 0 Å². The second-order valence-corrected chi connectivity index (χ2v) is 6.93. The molecule has 1 N–H and O–H groups in total. The molecule has 1 aliphatic rings. The minimum absolute atomic E-state index is 0.0599. The number of hydrogen-bond acceptors (Lipinski definition) is 5. The largest absolute Gasteiger partial charge is 0.353 e. The third-order valence-electron chi connectivity index (χ3n) is 3.17. The summed E-state index contributed by atoms with van der Waals surface area (Å²) in [6.07, 6.45) is 2.07. The van der Waals surface area contributed by atoms with Gasteiger partial charge in [-0.05, 0) is 19.5 Å². The van der Waals surface area contributed by atoms with Crippen molar-refractivity contribution in [2.24, 2.45) is 0 Å². The van der Waals surface area contributed by atoms with E-state index in [1.165, 1.54) is 0 Å². The van der Waals surface area contributed by atoms with Gasteiger partial charge in [0.25, 0.3) is 0 Å². The SMILES string of the molecule is CNCc1ccnc(N2CCCS(=O)(=O)CC2)c1F. The van der Waals surface area contributed by atoms with E-state index in [1.807, 2.05) is 0 Å². The molecule has 1 aromatic rings. The van der Waals surface area contributed by atoms with E-state index in [2.05, 4.69) is 10.3 Å². The molecule has 19 heavy (non-hydrogen) atoms. The van der Waals surface area contributed by atoms with Gasteiger partial charge in [-0.3, -0.25) is 0 Å². The Kier molecular flexibility index (Phi) is 4.36. The molecule has 0 amide bonds. The van der Waals surface area contributed by atoms with Crippen LogP contribution >= 0.6 is 0 Å². The van der Waals surface area contributed by atoms with E-state index in [4.69, 9.17) is 0 Å². The van der Waals surface area contributed by atoms with Gasteiger partial charge in [0.2, 0.25) is 0 Å². The van der Waals surface area contributed by atoms with Gasteiger partial charge in [0.05, 0.1) is 11.5 Å². The summed E-state index contributed by atoms with van der Waals surface area (Å²) in [5.41, 5.74) is 0.541. The second-order valence-electron chi connectivity index (χ2n) is 4.63. The van der Waals surface area contributed by atoms with Crippen molar-refractivity contribution in [1.82, 2.24) is 10.3 Å². The van der Waals surface area contributed by atoms with E-state index >= 15 is 0 Å². The van der Waals surface area contributed by atoms with Crippen molar-refractivity contribution in [3.05, 3.63) is 23.6 Å². The molecule has 1 saturated heterocycles. The smallest absolute Gasteiger partial charge is 0.170 e. The first-order valence-electron chi connectivity index (χ1n) is 6.27. The fourth-order valence-electron chi connectivity index (χ4n) is 2.17.